The maximum Gasteiger partial charge on any atom is 0.329 e. The van der Waals surface area contributed by atoms with Gasteiger partial charge in [-0.15, -0.1) is 11.3 Å². The van der Waals surface area contributed by atoms with Crippen LogP contribution >= 0.6 is 11.3 Å². The first-order valence-electron chi connectivity index (χ1n) is 5.29. The normalized spacial score (nSPS) is 11.1. The maximum atomic E-state index is 12.1. The van der Waals surface area contributed by atoms with E-state index in [0.29, 0.717) is 6.54 Å². The minimum atomic E-state index is 0.0135. The van der Waals surface area contributed by atoms with Crippen LogP contribution in [0, 0.1) is 0 Å². The predicted molar refractivity (Wildman–Crippen MR) is 68.4 cm³/mol. The Morgan fingerprint density at radius 1 is 1.29 bits per heavy atom. The molecule has 0 aliphatic rings. The van der Waals surface area contributed by atoms with Crippen molar-refractivity contribution in [2.24, 2.45) is 7.05 Å². The average molecular weight is 245 g/mol. The van der Waals surface area contributed by atoms with E-state index in [1.165, 1.54) is 0 Å². The fourth-order valence-electron chi connectivity index (χ4n) is 1.99. The fourth-order valence-corrected chi connectivity index (χ4v) is 2.57. The number of benzene rings is 1. The van der Waals surface area contributed by atoms with Crippen molar-refractivity contribution in [1.82, 2.24) is 14.1 Å². The van der Waals surface area contributed by atoms with Crippen LogP contribution in [0.25, 0.3) is 11.0 Å². The number of thiazole rings is 1. The van der Waals surface area contributed by atoms with E-state index in [9.17, 15) is 4.79 Å². The Morgan fingerprint density at radius 3 is 2.76 bits per heavy atom. The van der Waals surface area contributed by atoms with Crippen molar-refractivity contribution >= 4 is 22.4 Å². The Labute approximate surface area is 102 Å². The van der Waals surface area contributed by atoms with Crippen LogP contribution in [0.3, 0.4) is 0 Å². The molecule has 3 rings (SSSR count). The van der Waals surface area contributed by atoms with Crippen molar-refractivity contribution in [3.8, 4) is 0 Å². The fraction of sp³-hybridized carbons (Fsp3) is 0.167. The molecule has 17 heavy (non-hydrogen) atoms. The zero-order valence-corrected chi connectivity index (χ0v) is 10.1. The first-order chi connectivity index (χ1) is 8.27. The van der Waals surface area contributed by atoms with Crippen LogP contribution < -0.4 is 5.69 Å². The zero-order valence-electron chi connectivity index (χ0n) is 9.33. The van der Waals surface area contributed by atoms with E-state index in [1.807, 2.05) is 24.3 Å². The van der Waals surface area contributed by atoms with Gasteiger partial charge in [0.1, 0.15) is 0 Å². The van der Waals surface area contributed by atoms with E-state index < -0.39 is 0 Å². The summed E-state index contributed by atoms with van der Waals surface area (Å²) >= 11 is 1.56. The van der Waals surface area contributed by atoms with Crippen LogP contribution in [-0.2, 0) is 13.6 Å². The number of aromatic nitrogens is 3. The molecule has 0 N–H and O–H groups in total. The number of hydrogen-bond donors (Lipinski definition) is 0. The highest BCUT2D eigenvalue weighted by Crippen LogP contribution is 2.14. The Morgan fingerprint density at radius 2 is 2.06 bits per heavy atom. The average Bonchev–Trinajstić information content (AvgIpc) is 2.94. The van der Waals surface area contributed by atoms with Crippen LogP contribution in [0.5, 0.6) is 0 Å². The van der Waals surface area contributed by atoms with Gasteiger partial charge in [-0.25, -0.2) is 4.79 Å². The molecule has 0 radical (unpaired) electrons. The summed E-state index contributed by atoms with van der Waals surface area (Å²) in [5.41, 5.74) is 3.72. The largest absolute Gasteiger partial charge is 0.329 e. The standard InChI is InChI=1S/C12H11N3OS/c1-14-10-4-2-3-5-11(10)15(12(14)16)7-9-6-13-8-17-9/h2-6,8H,7H2,1H3. The van der Waals surface area contributed by atoms with E-state index >= 15 is 0 Å². The molecule has 0 saturated heterocycles. The molecule has 0 amide bonds. The van der Waals surface area contributed by atoms with E-state index in [1.54, 1.807) is 39.2 Å². The van der Waals surface area contributed by atoms with Crippen molar-refractivity contribution in [2.45, 2.75) is 6.54 Å². The molecule has 2 aromatic heterocycles. The summed E-state index contributed by atoms with van der Waals surface area (Å²) in [5, 5.41) is 0. The summed E-state index contributed by atoms with van der Waals surface area (Å²) in [6.07, 6.45) is 1.80. The Hall–Kier alpha value is -1.88. The van der Waals surface area contributed by atoms with Gasteiger partial charge in [0.2, 0.25) is 0 Å². The number of aryl methyl sites for hydroxylation is 1. The van der Waals surface area contributed by atoms with Gasteiger partial charge in [0.05, 0.1) is 23.1 Å². The number of fused-ring (bicyclic) bond motifs is 1. The van der Waals surface area contributed by atoms with Gasteiger partial charge in [-0.3, -0.25) is 14.1 Å². The summed E-state index contributed by atoms with van der Waals surface area (Å²) in [6, 6.07) is 7.82. The lowest BCUT2D eigenvalue weighted by Crippen LogP contribution is -2.22. The van der Waals surface area contributed by atoms with Crippen LogP contribution in [0.1, 0.15) is 4.88 Å². The number of para-hydroxylation sites is 2. The third-order valence-electron chi connectivity index (χ3n) is 2.85. The molecule has 3 aromatic rings. The third-order valence-corrected chi connectivity index (χ3v) is 3.61. The van der Waals surface area contributed by atoms with Crippen LogP contribution in [0.2, 0.25) is 0 Å². The zero-order chi connectivity index (χ0) is 11.8. The molecular formula is C12H11N3OS. The molecule has 1 aromatic carbocycles. The van der Waals surface area contributed by atoms with Crippen molar-refractivity contribution in [2.75, 3.05) is 0 Å². The molecule has 0 spiro atoms. The van der Waals surface area contributed by atoms with Gasteiger partial charge >= 0.3 is 5.69 Å². The smallest absolute Gasteiger partial charge is 0.295 e. The van der Waals surface area contributed by atoms with Gasteiger partial charge in [-0.1, -0.05) is 12.1 Å². The summed E-state index contributed by atoms with van der Waals surface area (Å²) in [7, 11) is 1.80. The second kappa shape index (κ2) is 3.85. The highest BCUT2D eigenvalue weighted by atomic mass is 32.1. The molecule has 86 valence electrons. The number of hydrogen-bond acceptors (Lipinski definition) is 3. The SMILES string of the molecule is Cn1c(=O)n(Cc2cncs2)c2ccccc21. The summed E-state index contributed by atoms with van der Waals surface area (Å²) in [6.45, 7) is 0.588. The lowest BCUT2D eigenvalue weighted by molar-refractivity contribution is 0.742. The summed E-state index contributed by atoms with van der Waals surface area (Å²) < 4.78 is 3.46. The van der Waals surface area contributed by atoms with Crippen molar-refractivity contribution in [3.05, 3.63) is 51.3 Å². The predicted octanol–water partition coefficient (Wildman–Crippen LogP) is 1.84. The van der Waals surface area contributed by atoms with E-state index in [0.717, 1.165) is 15.9 Å². The quantitative estimate of drug-likeness (QED) is 0.691. The van der Waals surface area contributed by atoms with Crippen molar-refractivity contribution in [1.29, 1.82) is 0 Å². The second-order valence-corrected chi connectivity index (χ2v) is 4.86. The Balaban J connectivity index is 2.22. The van der Waals surface area contributed by atoms with Gasteiger partial charge in [0.15, 0.2) is 0 Å². The monoisotopic (exact) mass is 245 g/mol. The van der Waals surface area contributed by atoms with Crippen molar-refractivity contribution < 1.29 is 0 Å². The molecule has 0 unspecified atom stereocenters. The van der Waals surface area contributed by atoms with E-state index in [4.69, 9.17) is 0 Å². The Bertz CT molecular complexity index is 709. The highest BCUT2D eigenvalue weighted by Gasteiger charge is 2.10. The second-order valence-electron chi connectivity index (χ2n) is 3.88. The Kier molecular flexibility index (Phi) is 2.33. The molecule has 0 bridgehead atoms. The number of imidazole rings is 1. The van der Waals surface area contributed by atoms with E-state index in [-0.39, 0.29) is 5.69 Å². The van der Waals surface area contributed by atoms with Crippen LogP contribution in [0.15, 0.2) is 40.8 Å². The molecule has 0 aliphatic carbocycles. The molecule has 4 nitrogen and oxygen atoms in total. The molecule has 2 heterocycles. The molecule has 0 saturated carbocycles. The molecule has 0 fully saturated rings. The van der Waals surface area contributed by atoms with Gasteiger partial charge in [0, 0.05) is 18.1 Å². The lowest BCUT2D eigenvalue weighted by atomic mass is 10.3. The summed E-state index contributed by atoms with van der Waals surface area (Å²) in [5.74, 6) is 0. The van der Waals surface area contributed by atoms with Crippen LogP contribution in [0.4, 0.5) is 0 Å². The number of nitrogens with zero attached hydrogens (tertiary/aromatic N) is 3. The molecular weight excluding hydrogens is 234 g/mol. The highest BCUT2D eigenvalue weighted by molar-refractivity contribution is 7.09. The number of rotatable bonds is 2. The topological polar surface area (TPSA) is 39.8 Å². The first kappa shape index (κ1) is 10.3. The minimum absolute atomic E-state index is 0.0135. The molecule has 5 heteroatoms. The summed E-state index contributed by atoms with van der Waals surface area (Å²) in [4.78, 5) is 17.2. The third kappa shape index (κ3) is 1.59. The van der Waals surface area contributed by atoms with Gasteiger partial charge in [0.25, 0.3) is 0 Å². The van der Waals surface area contributed by atoms with Gasteiger partial charge in [-0.05, 0) is 12.1 Å². The van der Waals surface area contributed by atoms with E-state index in [2.05, 4.69) is 4.98 Å². The molecule has 0 aliphatic heterocycles. The van der Waals surface area contributed by atoms with Gasteiger partial charge in [-0.2, -0.15) is 0 Å². The van der Waals surface area contributed by atoms with Crippen molar-refractivity contribution in [3.63, 3.8) is 0 Å². The van der Waals surface area contributed by atoms with Crippen LogP contribution in [-0.4, -0.2) is 14.1 Å². The maximum absolute atomic E-state index is 12.1. The minimum Gasteiger partial charge on any atom is -0.295 e. The van der Waals surface area contributed by atoms with Gasteiger partial charge < -0.3 is 0 Å². The molecule has 0 atom stereocenters. The lowest BCUT2D eigenvalue weighted by Gasteiger charge is -1.99. The first-order valence-corrected chi connectivity index (χ1v) is 6.17.